The third kappa shape index (κ3) is 5.64. The highest BCUT2D eigenvalue weighted by molar-refractivity contribution is 6.07. The maximum Gasteiger partial charge on any atom is 0.270 e. The molecule has 2 aromatic heterocycles. The van der Waals surface area contributed by atoms with Crippen LogP contribution >= 0.6 is 0 Å². The van der Waals surface area contributed by atoms with Crippen LogP contribution in [0.4, 0.5) is 30.4 Å². The van der Waals surface area contributed by atoms with E-state index in [4.69, 9.17) is 4.74 Å². The van der Waals surface area contributed by atoms with Crippen molar-refractivity contribution in [1.82, 2.24) is 9.55 Å². The van der Waals surface area contributed by atoms with E-state index in [1.165, 1.54) is 56.7 Å². The summed E-state index contributed by atoms with van der Waals surface area (Å²) in [6, 6.07) is 10.6. The molecular formula is C26H20F3N5O4. The first-order valence-corrected chi connectivity index (χ1v) is 11.1. The Morgan fingerprint density at radius 1 is 0.921 bits per heavy atom. The third-order valence-electron chi connectivity index (χ3n) is 5.23. The van der Waals surface area contributed by atoms with Crippen molar-refractivity contribution in [3.05, 3.63) is 100 Å². The number of nitrogens with one attached hydrogen (secondary N) is 3. The highest BCUT2D eigenvalue weighted by atomic mass is 19.1. The number of rotatable bonds is 7. The van der Waals surface area contributed by atoms with Crippen molar-refractivity contribution in [1.29, 1.82) is 0 Å². The third-order valence-corrected chi connectivity index (χ3v) is 5.23. The van der Waals surface area contributed by atoms with Crippen molar-refractivity contribution in [2.45, 2.75) is 6.92 Å². The van der Waals surface area contributed by atoms with E-state index < -0.39 is 40.4 Å². The molecule has 0 bridgehead atoms. The molecule has 4 aromatic rings. The summed E-state index contributed by atoms with van der Waals surface area (Å²) >= 11 is 0. The molecule has 0 atom stereocenters. The number of aromatic nitrogens is 2. The van der Waals surface area contributed by atoms with E-state index in [0.29, 0.717) is 11.8 Å². The van der Waals surface area contributed by atoms with Gasteiger partial charge in [0.15, 0.2) is 17.4 Å². The van der Waals surface area contributed by atoms with Gasteiger partial charge in [-0.2, -0.15) is 0 Å². The molecule has 3 N–H and O–H groups in total. The van der Waals surface area contributed by atoms with Crippen LogP contribution in [0.5, 0.6) is 11.5 Å². The fraction of sp³-hybridized carbons (Fsp3) is 0.0769. The second-order valence-corrected chi connectivity index (χ2v) is 7.88. The van der Waals surface area contributed by atoms with Crippen LogP contribution in [-0.2, 0) is 4.79 Å². The van der Waals surface area contributed by atoms with Gasteiger partial charge in [-0.15, -0.1) is 0 Å². The highest BCUT2D eigenvalue weighted by Crippen LogP contribution is 2.30. The molecule has 0 aliphatic heterocycles. The smallest absolute Gasteiger partial charge is 0.270 e. The van der Waals surface area contributed by atoms with Gasteiger partial charge in [-0.25, -0.2) is 18.2 Å². The Morgan fingerprint density at radius 3 is 2.34 bits per heavy atom. The number of hydrogen-bond donors (Lipinski definition) is 3. The molecule has 0 aliphatic rings. The molecule has 2 heterocycles. The van der Waals surface area contributed by atoms with Crippen molar-refractivity contribution in [2.75, 3.05) is 23.0 Å². The van der Waals surface area contributed by atoms with E-state index in [1.807, 2.05) is 0 Å². The first-order chi connectivity index (χ1) is 18.2. The second-order valence-electron chi connectivity index (χ2n) is 7.88. The normalized spacial score (nSPS) is 10.6. The van der Waals surface area contributed by atoms with E-state index in [2.05, 4.69) is 20.9 Å². The van der Waals surface area contributed by atoms with Gasteiger partial charge in [-0.3, -0.25) is 19.0 Å². The summed E-state index contributed by atoms with van der Waals surface area (Å²) in [5.41, 5.74) is -1.24. The fourth-order valence-electron chi connectivity index (χ4n) is 3.51. The summed E-state index contributed by atoms with van der Waals surface area (Å²) in [6.45, 7) is 1.28. The molecule has 0 saturated carbocycles. The molecule has 0 saturated heterocycles. The lowest BCUT2D eigenvalue weighted by molar-refractivity contribution is -0.114. The largest absolute Gasteiger partial charge is 0.454 e. The molecule has 0 unspecified atom stereocenters. The minimum atomic E-state index is -1.04. The Labute approximate surface area is 213 Å². The number of halogens is 3. The first-order valence-electron chi connectivity index (χ1n) is 11.1. The number of pyridine rings is 2. The van der Waals surface area contributed by atoms with Gasteiger partial charge < -0.3 is 20.7 Å². The van der Waals surface area contributed by atoms with Crippen LogP contribution in [0, 0.1) is 17.5 Å². The van der Waals surface area contributed by atoms with Gasteiger partial charge in [0.05, 0.1) is 11.4 Å². The van der Waals surface area contributed by atoms with Gasteiger partial charge >= 0.3 is 0 Å². The topological polar surface area (TPSA) is 114 Å². The molecule has 0 fully saturated rings. The number of carbonyl (C=O) groups is 2. The van der Waals surface area contributed by atoms with Crippen molar-refractivity contribution in [3.63, 3.8) is 0 Å². The summed E-state index contributed by atoms with van der Waals surface area (Å²) < 4.78 is 49.4. The Balaban J connectivity index is 1.61. The number of ether oxygens (including phenoxy) is 1. The number of hydrogen-bond acceptors (Lipinski definition) is 6. The molecule has 2 amide bonds. The molecule has 0 spiro atoms. The predicted octanol–water partition coefficient (Wildman–Crippen LogP) is 4.69. The van der Waals surface area contributed by atoms with Crippen LogP contribution in [0.25, 0.3) is 5.69 Å². The second kappa shape index (κ2) is 10.9. The lowest BCUT2D eigenvalue weighted by Crippen LogP contribution is -2.29. The average molecular weight is 523 g/mol. The number of amides is 2. The number of nitrogens with zero attached hydrogens (tertiary/aromatic N) is 2. The maximum absolute atomic E-state index is 14.9. The minimum absolute atomic E-state index is 0.0723. The fourth-order valence-corrected chi connectivity index (χ4v) is 3.51. The lowest BCUT2D eigenvalue weighted by atomic mass is 10.2. The standard InChI is InChI=1S/C26H20F3N5O4/c1-14(35)32-23-11-17(7-9-31-23)38-22-13-18(28)21(12-19(22)29)33-25(36)24-20(30-2)8-10-34(26(24)37)16-5-3-15(27)4-6-16/h3-13,30H,1-2H3,(H,33,36)(H,31,32,35). The van der Waals surface area contributed by atoms with Crippen molar-refractivity contribution in [2.24, 2.45) is 0 Å². The van der Waals surface area contributed by atoms with Crippen molar-refractivity contribution >= 4 is 29.0 Å². The SMILES string of the molecule is CNc1ccn(-c2ccc(F)cc2)c(=O)c1C(=O)Nc1cc(F)c(Oc2ccnc(NC(C)=O)c2)cc1F. The monoisotopic (exact) mass is 523 g/mol. The van der Waals surface area contributed by atoms with E-state index in [0.717, 1.165) is 22.8 Å². The van der Waals surface area contributed by atoms with Gasteiger partial charge in [-0.05, 0) is 36.4 Å². The molecule has 0 radical (unpaired) electrons. The number of anilines is 3. The molecule has 38 heavy (non-hydrogen) atoms. The van der Waals surface area contributed by atoms with Crippen LogP contribution in [0.3, 0.4) is 0 Å². The average Bonchev–Trinajstić information content (AvgIpc) is 2.87. The van der Waals surface area contributed by atoms with E-state index >= 15 is 0 Å². The maximum atomic E-state index is 14.9. The molecule has 4 rings (SSSR count). The predicted molar refractivity (Wildman–Crippen MR) is 134 cm³/mol. The summed E-state index contributed by atoms with van der Waals surface area (Å²) in [6.07, 6.45) is 2.70. The minimum Gasteiger partial charge on any atom is -0.454 e. The summed E-state index contributed by atoms with van der Waals surface area (Å²) in [5, 5.41) is 7.37. The van der Waals surface area contributed by atoms with Gasteiger partial charge in [0, 0.05) is 50.3 Å². The summed E-state index contributed by atoms with van der Waals surface area (Å²) in [4.78, 5) is 41.3. The quantitative estimate of drug-likeness (QED) is 0.324. The highest BCUT2D eigenvalue weighted by Gasteiger charge is 2.21. The molecule has 12 heteroatoms. The molecule has 2 aromatic carbocycles. The van der Waals surface area contributed by atoms with Crippen molar-refractivity contribution < 1.29 is 27.5 Å². The summed E-state index contributed by atoms with van der Waals surface area (Å²) in [7, 11) is 1.48. The molecule has 9 nitrogen and oxygen atoms in total. The zero-order valence-electron chi connectivity index (χ0n) is 20.0. The summed E-state index contributed by atoms with van der Waals surface area (Å²) in [5.74, 6) is -4.20. The first kappa shape index (κ1) is 25.9. The Kier molecular flexibility index (Phi) is 7.42. The molecular weight excluding hydrogens is 503 g/mol. The Morgan fingerprint density at radius 2 is 1.66 bits per heavy atom. The zero-order valence-corrected chi connectivity index (χ0v) is 20.0. The van der Waals surface area contributed by atoms with Gasteiger partial charge in [-0.1, -0.05) is 0 Å². The Hall–Kier alpha value is -5.13. The van der Waals surface area contributed by atoms with Gasteiger partial charge in [0.25, 0.3) is 11.5 Å². The zero-order chi connectivity index (χ0) is 27.4. The number of benzene rings is 2. The molecule has 194 valence electrons. The van der Waals surface area contributed by atoms with Crippen LogP contribution in [0.2, 0.25) is 0 Å². The Bertz CT molecular complexity index is 1590. The van der Waals surface area contributed by atoms with Gasteiger partial charge in [0.1, 0.15) is 22.9 Å². The van der Waals surface area contributed by atoms with E-state index in [9.17, 15) is 27.6 Å². The van der Waals surface area contributed by atoms with Crippen LogP contribution in [0.1, 0.15) is 17.3 Å². The van der Waals surface area contributed by atoms with Crippen molar-refractivity contribution in [3.8, 4) is 17.2 Å². The lowest BCUT2D eigenvalue weighted by Gasteiger charge is -2.14. The van der Waals surface area contributed by atoms with Crippen LogP contribution in [0.15, 0.2) is 71.8 Å². The molecule has 0 aliphatic carbocycles. The van der Waals surface area contributed by atoms with Gasteiger partial charge in [0.2, 0.25) is 5.91 Å². The van der Waals surface area contributed by atoms with Crippen LogP contribution in [-0.4, -0.2) is 28.4 Å². The van der Waals surface area contributed by atoms with E-state index in [1.54, 1.807) is 0 Å². The van der Waals surface area contributed by atoms with Crippen LogP contribution < -0.4 is 26.2 Å². The number of carbonyl (C=O) groups excluding carboxylic acids is 2. The van der Waals surface area contributed by atoms with E-state index in [-0.39, 0.29) is 28.7 Å².